The molecule has 0 aliphatic heterocycles. The minimum Gasteiger partial charge on any atom is -0.373 e. The molecule has 2 aliphatic carbocycles. The lowest BCUT2D eigenvalue weighted by Crippen LogP contribution is -2.71. The number of aliphatic hydroxyl groups is 4. The maximum absolute atomic E-state index is 13.2. The first-order chi connectivity index (χ1) is 25.0. The van der Waals surface area contributed by atoms with E-state index >= 15 is 0 Å². The minimum atomic E-state index is -6.76. The molecule has 2 saturated carbocycles. The van der Waals surface area contributed by atoms with Gasteiger partial charge in [0, 0.05) is 35.5 Å². The highest BCUT2D eigenvalue weighted by Crippen LogP contribution is 2.62. The van der Waals surface area contributed by atoms with E-state index in [1.165, 1.54) is 0 Å². The second-order valence-corrected chi connectivity index (χ2v) is 13.8. The van der Waals surface area contributed by atoms with Crippen LogP contribution in [-0.4, -0.2) is 104 Å². The van der Waals surface area contributed by atoms with E-state index in [0.717, 1.165) is 0 Å². The molecule has 344 valence electrons. The summed E-state index contributed by atoms with van der Waals surface area (Å²) in [7, 11) is 0. The molecule has 5 atom stereocenters. The largest absolute Gasteiger partial charge is 0.426 e. The number of halogens is 24. The molecule has 30 heteroatoms. The molecule has 0 aromatic carbocycles. The van der Waals surface area contributed by atoms with Gasteiger partial charge in [-0.25, -0.2) is 0 Å². The van der Waals surface area contributed by atoms with Crippen LogP contribution in [0.1, 0.15) is 52.4 Å². The summed E-state index contributed by atoms with van der Waals surface area (Å²) in [5.41, 5.74) is -23.4. The van der Waals surface area contributed by atoms with Gasteiger partial charge in [-0.1, -0.05) is 0 Å². The highest BCUT2D eigenvalue weighted by molar-refractivity contribution is 5.78. The third-order valence-electron chi connectivity index (χ3n) is 10.4. The Bertz CT molecular complexity index is 1340. The van der Waals surface area contributed by atoms with Gasteiger partial charge >= 0.3 is 49.4 Å². The van der Waals surface area contributed by atoms with Crippen molar-refractivity contribution in [2.45, 2.75) is 124 Å². The Hall–Kier alpha value is -2.50. The Morgan fingerprint density at radius 3 is 0.810 bits per heavy atom. The highest BCUT2D eigenvalue weighted by atomic mass is 19.4. The van der Waals surface area contributed by atoms with Crippen molar-refractivity contribution in [2.24, 2.45) is 35.5 Å². The van der Waals surface area contributed by atoms with E-state index in [4.69, 9.17) is 0 Å². The molecule has 0 saturated heterocycles. The molecular weight excluding hydrogens is 888 g/mol. The Morgan fingerprint density at radius 1 is 0.345 bits per heavy atom. The first-order valence-electron chi connectivity index (χ1n) is 15.5. The first kappa shape index (κ1) is 53.5. The van der Waals surface area contributed by atoms with Crippen LogP contribution in [0.15, 0.2) is 0 Å². The van der Waals surface area contributed by atoms with Gasteiger partial charge in [-0.2, -0.15) is 105 Å². The van der Waals surface area contributed by atoms with Crippen molar-refractivity contribution in [3.8, 4) is 0 Å². The molecule has 2 rings (SSSR count). The lowest BCUT2D eigenvalue weighted by Gasteiger charge is -2.51. The number of rotatable bonds is 6. The molecule has 4 N–H and O–H groups in total. The van der Waals surface area contributed by atoms with E-state index in [-0.39, 0.29) is 0 Å². The molecule has 2 fully saturated rings. The van der Waals surface area contributed by atoms with Gasteiger partial charge in [0.25, 0.3) is 22.4 Å². The molecule has 0 spiro atoms. The zero-order chi connectivity index (χ0) is 46.9. The SMILES string of the molecule is CC(=O)C1CC(C(O)(C(F)(F)F)C(F)(F)F)CC(C(O)(C(F)(F)F)C(F)(F)F)C1.CC(=O)C1CCC(C(O)(C(F)(F)F)C(F)(F)F)C(C(O)(C(F)(F)F)C(F)(F)F)C1. The van der Waals surface area contributed by atoms with Gasteiger partial charge in [0.2, 0.25) is 0 Å². The van der Waals surface area contributed by atoms with Gasteiger partial charge in [0.05, 0.1) is 0 Å². The van der Waals surface area contributed by atoms with Crippen molar-refractivity contribution < 1.29 is 135 Å². The van der Waals surface area contributed by atoms with Crippen LogP contribution >= 0.6 is 0 Å². The topological polar surface area (TPSA) is 115 Å². The summed E-state index contributed by atoms with van der Waals surface area (Å²) in [6.07, 6.45) is -62.6. The van der Waals surface area contributed by atoms with Crippen LogP contribution in [0.5, 0.6) is 0 Å². The average molecular weight is 916 g/mol. The van der Waals surface area contributed by atoms with Crippen molar-refractivity contribution in [1.82, 2.24) is 0 Å². The second kappa shape index (κ2) is 15.8. The molecule has 0 radical (unpaired) electrons. The number of hydrogen-bond acceptors (Lipinski definition) is 6. The average Bonchev–Trinajstić information content (AvgIpc) is 2.98. The highest BCUT2D eigenvalue weighted by Gasteiger charge is 2.82. The van der Waals surface area contributed by atoms with Gasteiger partial charge in [0.15, 0.2) is 0 Å². The Kier molecular flexibility index (Phi) is 14.5. The fourth-order valence-electron chi connectivity index (χ4n) is 7.24. The predicted octanol–water partition coefficient (Wildman–Crippen LogP) is 8.64. The number of carbonyl (C=O) groups is 2. The summed E-state index contributed by atoms with van der Waals surface area (Å²) < 4.78 is 314. The zero-order valence-electron chi connectivity index (χ0n) is 28.4. The molecule has 5 unspecified atom stereocenters. The molecule has 6 nitrogen and oxygen atoms in total. The molecular formula is C28H28F24O6. The molecule has 0 heterocycles. The van der Waals surface area contributed by atoms with Crippen LogP contribution in [0, 0.1) is 35.5 Å². The Labute approximate surface area is 307 Å². The summed E-state index contributed by atoms with van der Waals surface area (Å²) in [5, 5.41) is 37.7. The van der Waals surface area contributed by atoms with E-state index in [1.807, 2.05) is 0 Å². The summed E-state index contributed by atoms with van der Waals surface area (Å²) in [4.78, 5) is 22.8. The standard InChI is InChI=1S/2C14H14F12O3/c1-5(27)6-2-7(9(28,11(15,16)17)12(18,19)20)4-8(3-6)10(29,13(21,22)23)14(24,25)26;1-5(27)6-2-3-7(9(28,11(15,16)17)12(18,19)20)8(4-6)10(29,13(21,22)23)14(24,25)26/h2*6-8,28-29H,2-4H2,1H3. The molecule has 0 bridgehead atoms. The monoisotopic (exact) mass is 916 g/mol. The van der Waals surface area contributed by atoms with Crippen LogP contribution in [0.25, 0.3) is 0 Å². The molecule has 0 aromatic rings. The van der Waals surface area contributed by atoms with E-state index in [1.54, 1.807) is 0 Å². The van der Waals surface area contributed by atoms with Crippen molar-refractivity contribution in [1.29, 1.82) is 0 Å². The summed E-state index contributed by atoms with van der Waals surface area (Å²) >= 11 is 0. The van der Waals surface area contributed by atoms with Crippen LogP contribution in [-0.2, 0) is 9.59 Å². The summed E-state index contributed by atoms with van der Waals surface area (Å²) in [5.74, 6) is -20.5. The number of alkyl halides is 24. The van der Waals surface area contributed by atoms with E-state index < -0.39 is 157 Å². The normalized spacial score (nSPS) is 25.8. The maximum Gasteiger partial charge on any atom is 0.426 e. The smallest absolute Gasteiger partial charge is 0.373 e. The molecule has 0 amide bonds. The van der Waals surface area contributed by atoms with Crippen molar-refractivity contribution in [3.05, 3.63) is 0 Å². The minimum absolute atomic E-state index is 0.546. The van der Waals surface area contributed by atoms with Crippen molar-refractivity contribution >= 4 is 11.6 Å². The quantitative estimate of drug-likeness (QED) is 0.199. The second-order valence-electron chi connectivity index (χ2n) is 13.8. The summed E-state index contributed by atoms with van der Waals surface area (Å²) in [6.45, 7) is 1.21. The Morgan fingerprint density at radius 2 is 0.586 bits per heavy atom. The van der Waals surface area contributed by atoms with Crippen LogP contribution in [0.3, 0.4) is 0 Å². The lowest BCUT2D eigenvalue weighted by atomic mass is 9.60. The van der Waals surface area contributed by atoms with Crippen molar-refractivity contribution in [2.75, 3.05) is 0 Å². The number of hydrogen-bond donors (Lipinski definition) is 4. The Balaban J connectivity index is 0.000000580. The van der Waals surface area contributed by atoms with Gasteiger partial charge in [-0.05, 0) is 52.4 Å². The van der Waals surface area contributed by atoms with Crippen LogP contribution < -0.4 is 0 Å². The molecule has 2 aliphatic rings. The van der Waals surface area contributed by atoms with Crippen LogP contribution in [0.2, 0.25) is 0 Å². The van der Waals surface area contributed by atoms with Crippen LogP contribution in [0.4, 0.5) is 105 Å². The van der Waals surface area contributed by atoms with E-state index in [9.17, 15) is 135 Å². The van der Waals surface area contributed by atoms with E-state index in [2.05, 4.69) is 0 Å². The number of ketones is 2. The fourth-order valence-corrected chi connectivity index (χ4v) is 7.24. The number of Topliss-reactive ketones (excluding diaryl/α,β-unsaturated/α-hetero) is 2. The van der Waals surface area contributed by atoms with Gasteiger partial charge < -0.3 is 20.4 Å². The molecule has 0 aromatic heterocycles. The molecule has 58 heavy (non-hydrogen) atoms. The van der Waals surface area contributed by atoms with Crippen molar-refractivity contribution in [3.63, 3.8) is 0 Å². The lowest BCUT2D eigenvalue weighted by molar-refractivity contribution is -0.425. The van der Waals surface area contributed by atoms with Gasteiger partial charge in [-0.15, -0.1) is 0 Å². The zero-order valence-corrected chi connectivity index (χ0v) is 28.4. The van der Waals surface area contributed by atoms with E-state index in [0.29, 0.717) is 13.8 Å². The number of carbonyl (C=O) groups excluding carboxylic acids is 2. The van der Waals surface area contributed by atoms with Gasteiger partial charge in [-0.3, -0.25) is 9.59 Å². The predicted molar refractivity (Wildman–Crippen MR) is 138 cm³/mol. The third-order valence-corrected chi connectivity index (χ3v) is 10.4. The third kappa shape index (κ3) is 9.21. The van der Waals surface area contributed by atoms with Gasteiger partial charge in [0.1, 0.15) is 11.6 Å². The fraction of sp³-hybridized carbons (Fsp3) is 0.929. The first-order valence-corrected chi connectivity index (χ1v) is 15.5. The summed E-state index contributed by atoms with van der Waals surface area (Å²) in [6, 6.07) is 0. The maximum atomic E-state index is 13.2.